The summed E-state index contributed by atoms with van der Waals surface area (Å²) in [6.07, 6.45) is 3.56. The molecule has 0 amide bonds. The lowest BCUT2D eigenvalue weighted by Gasteiger charge is -2.18. The lowest BCUT2D eigenvalue weighted by atomic mass is 9.97. The van der Waals surface area contributed by atoms with E-state index in [1.54, 1.807) is 12.5 Å². The molecule has 1 N–H and O–H groups in total. The lowest BCUT2D eigenvalue weighted by Crippen LogP contribution is -2.20. The number of hydrogen-bond acceptors (Lipinski definition) is 4. The predicted octanol–water partition coefficient (Wildman–Crippen LogP) is 3.27. The molecule has 1 aromatic carbocycles. The zero-order chi connectivity index (χ0) is 14.9. The second-order valence-electron chi connectivity index (χ2n) is 6.26. The molecule has 2 aromatic heterocycles. The van der Waals surface area contributed by atoms with Gasteiger partial charge in [-0.15, -0.1) is 0 Å². The Bertz CT molecular complexity index is 754. The number of para-hydroxylation sites is 2. The molecule has 0 atom stereocenters. The Morgan fingerprint density at radius 2 is 1.90 bits per heavy atom. The van der Waals surface area contributed by atoms with Crippen molar-refractivity contribution in [2.24, 2.45) is 5.41 Å². The van der Waals surface area contributed by atoms with Crippen molar-refractivity contribution in [3.05, 3.63) is 42.9 Å². The van der Waals surface area contributed by atoms with Crippen molar-refractivity contribution in [3.63, 3.8) is 0 Å². The molecule has 5 heteroatoms. The molecule has 0 fully saturated rings. The first-order chi connectivity index (χ1) is 10.0. The summed E-state index contributed by atoms with van der Waals surface area (Å²) in [7, 11) is 0. The molecular weight excluding hydrogens is 262 g/mol. The van der Waals surface area contributed by atoms with E-state index in [4.69, 9.17) is 0 Å². The number of benzene rings is 1. The maximum Gasteiger partial charge on any atom is 0.224 e. The highest BCUT2D eigenvalue weighted by Crippen LogP contribution is 2.17. The molecule has 2 heterocycles. The number of imidazole rings is 1. The van der Waals surface area contributed by atoms with Crippen molar-refractivity contribution in [1.29, 1.82) is 0 Å². The highest BCUT2D eigenvalue weighted by molar-refractivity contribution is 5.76. The van der Waals surface area contributed by atoms with E-state index in [-0.39, 0.29) is 5.41 Å². The molecule has 0 bridgehead atoms. The molecule has 5 nitrogen and oxygen atoms in total. The number of rotatable bonds is 3. The Morgan fingerprint density at radius 1 is 1.10 bits per heavy atom. The molecule has 0 aliphatic heterocycles. The van der Waals surface area contributed by atoms with E-state index in [1.165, 1.54) is 0 Å². The summed E-state index contributed by atoms with van der Waals surface area (Å²) < 4.78 is 1.97. The van der Waals surface area contributed by atoms with Gasteiger partial charge in [0.05, 0.1) is 11.0 Å². The van der Waals surface area contributed by atoms with Crippen molar-refractivity contribution in [2.75, 3.05) is 11.9 Å². The summed E-state index contributed by atoms with van der Waals surface area (Å²) in [5.74, 6) is 1.45. The quantitative estimate of drug-likeness (QED) is 0.800. The predicted molar refractivity (Wildman–Crippen MR) is 84.6 cm³/mol. The van der Waals surface area contributed by atoms with E-state index in [0.29, 0.717) is 5.95 Å². The molecule has 3 aromatic rings. The van der Waals surface area contributed by atoms with Gasteiger partial charge in [0.25, 0.3) is 0 Å². The highest BCUT2D eigenvalue weighted by atomic mass is 15.2. The first kappa shape index (κ1) is 13.5. The van der Waals surface area contributed by atoms with E-state index < -0.39 is 0 Å². The summed E-state index contributed by atoms with van der Waals surface area (Å²) in [5.41, 5.74) is 2.18. The van der Waals surface area contributed by atoms with Gasteiger partial charge in [-0.2, -0.15) is 4.98 Å². The molecule has 108 valence electrons. The standard InChI is InChI=1S/C16H19N5/c1-16(2,3)10-18-15-17-9-8-14(20-15)21-11-19-12-6-4-5-7-13(12)21/h4-9,11H,10H2,1-3H3,(H,17,18,20). The Hall–Kier alpha value is -2.43. The molecule has 3 rings (SSSR count). The monoisotopic (exact) mass is 281 g/mol. The average Bonchev–Trinajstić information content (AvgIpc) is 2.89. The van der Waals surface area contributed by atoms with E-state index in [1.807, 2.05) is 34.9 Å². The highest BCUT2D eigenvalue weighted by Gasteiger charge is 2.11. The van der Waals surface area contributed by atoms with E-state index in [9.17, 15) is 0 Å². The Morgan fingerprint density at radius 3 is 2.71 bits per heavy atom. The van der Waals surface area contributed by atoms with Crippen LogP contribution in [0.5, 0.6) is 0 Å². The van der Waals surface area contributed by atoms with Crippen LogP contribution in [0.15, 0.2) is 42.9 Å². The van der Waals surface area contributed by atoms with Crippen LogP contribution in [0.1, 0.15) is 20.8 Å². The largest absolute Gasteiger partial charge is 0.354 e. The van der Waals surface area contributed by atoms with Crippen LogP contribution in [0.3, 0.4) is 0 Å². The van der Waals surface area contributed by atoms with Gasteiger partial charge in [-0.25, -0.2) is 9.97 Å². The van der Waals surface area contributed by atoms with Gasteiger partial charge in [0.2, 0.25) is 5.95 Å². The number of nitrogens with zero attached hydrogens (tertiary/aromatic N) is 4. The summed E-state index contributed by atoms with van der Waals surface area (Å²) in [5, 5.41) is 3.28. The van der Waals surface area contributed by atoms with Gasteiger partial charge in [0.15, 0.2) is 0 Å². The maximum absolute atomic E-state index is 4.57. The fourth-order valence-corrected chi connectivity index (χ4v) is 2.05. The molecule has 21 heavy (non-hydrogen) atoms. The average molecular weight is 281 g/mol. The van der Waals surface area contributed by atoms with Gasteiger partial charge in [-0.1, -0.05) is 32.9 Å². The normalized spacial score (nSPS) is 11.8. The van der Waals surface area contributed by atoms with Crippen molar-refractivity contribution < 1.29 is 0 Å². The first-order valence-electron chi connectivity index (χ1n) is 7.02. The van der Waals surface area contributed by atoms with Gasteiger partial charge in [0, 0.05) is 12.7 Å². The van der Waals surface area contributed by atoms with Crippen LogP contribution in [0.25, 0.3) is 16.9 Å². The Labute approximate surface area is 124 Å². The fraction of sp³-hybridized carbons (Fsp3) is 0.312. The van der Waals surface area contributed by atoms with Crippen molar-refractivity contribution >= 4 is 17.0 Å². The zero-order valence-corrected chi connectivity index (χ0v) is 12.5. The molecule has 0 unspecified atom stereocenters. The van der Waals surface area contributed by atoms with Crippen molar-refractivity contribution in [3.8, 4) is 5.82 Å². The Kier molecular flexibility index (Phi) is 3.33. The number of aromatic nitrogens is 4. The minimum Gasteiger partial charge on any atom is -0.354 e. The lowest BCUT2D eigenvalue weighted by molar-refractivity contribution is 0.442. The van der Waals surface area contributed by atoms with Crippen LogP contribution in [0, 0.1) is 5.41 Å². The summed E-state index contributed by atoms with van der Waals surface area (Å²) >= 11 is 0. The van der Waals surface area contributed by atoms with E-state index >= 15 is 0 Å². The summed E-state index contributed by atoms with van der Waals surface area (Å²) in [6, 6.07) is 9.89. The van der Waals surface area contributed by atoms with E-state index in [2.05, 4.69) is 41.0 Å². The van der Waals surface area contributed by atoms with Crippen LogP contribution in [-0.2, 0) is 0 Å². The second-order valence-corrected chi connectivity index (χ2v) is 6.26. The number of anilines is 1. The fourth-order valence-electron chi connectivity index (χ4n) is 2.05. The second kappa shape index (κ2) is 5.16. The molecular formula is C16H19N5. The Balaban J connectivity index is 1.92. The summed E-state index contributed by atoms with van der Waals surface area (Å²) in [6.45, 7) is 7.34. The molecule has 0 aliphatic carbocycles. The number of nitrogens with one attached hydrogen (secondary N) is 1. The topological polar surface area (TPSA) is 55.6 Å². The first-order valence-corrected chi connectivity index (χ1v) is 7.02. The van der Waals surface area contributed by atoms with Gasteiger partial charge >= 0.3 is 0 Å². The third-order valence-electron chi connectivity index (χ3n) is 3.12. The van der Waals surface area contributed by atoms with Gasteiger partial charge in [0.1, 0.15) is 12.1 Å². The third-order valence-corrected chi connectivity index (χ3v) is 3.12. The van der Waals surface area contributed by atoms with E-state index in [0.717, 1.165) is 23.4 Å². The minimum absolute atomic E-state index is 0.182. The van der Waals surface area contributed by atoms with Crippen LogP contribution in [-0.4, -0.2) is 26.1 Å². The number of fused-ring (bicyclic) bond motifs is 1. The van der Waals surface area contributed by atoms with Crippen molar-refractivity contribution in [1.82, 2.24) is 19.5 Å². The zero-order valence-electron chi connectivity index (χ0n) is 12.5. The van der Waals surface area contributed by atoms with Gasteiger partial charge in [-0.3, -0.25) is 4.57 Å². The molecule has 0 radical (unpaired) electrons. The van der Waals surface area contributed by atoms with Crippen LogP contribution in [0.4, 0.5) is 5.95 Å². The number of hydrogen-bond donors (Lipinski definition) is 1. The van der Waals surface area contributed by atoms with Crippen molar-refractivity contribution in [2.45, 2.75) is 20.8 Å². The molecule has 0 aliphatic rings. The minimum atomic E-state index is 0.182. The molecule has 0 saturated carbocycles. The van der Waals surface area contributed by atoms with Crippen LogP contribution >= 0.6 is 0 Å². The molecule has 0 saturated heterocycles. The maximum atomic E-state index is 4.57. The van der Waals surface area contributed by atoms with Crippen LogP contribution in [0.2, 0.25) is 0 Å². The van der Waals surface area contributed by atoms with Gasteiger partial charge < -0.3 is 5.32 Å². The smallest absolute Gasteiger partial charge is 0.224 e. The van der Waals surface area contributed by atoms with Gasteiger partial charge in [-0.05, 0) is 23.6 Å². The van der Waals surface area contributed by atoms with Crippen LogP contribution < -0.4 is 5.32 Å². The third kappa shape index (κ3) is 3.02. The molecule has 0 spiro atoms. The summed E-state index contributed by atoms with van der Waals surface area (Å²) in [4.78, 5) is 13.2. The SMILES string of the molecule is CC(C)(C)CNc1nccc(-n2cnc3ccccc32)n1.